The van der Waals surface area contributed by atoms with Gasteiger partial charge in [0, 0.05) is 38.0 Å². The van der Waals surface area contributed by atoms with E-state index >= 15 is 0 Å². The second-order valence-electron chi connectivity index (χ2n) is 6.03. The Morgan fingerprint density at radius 1 is 1.17 bits per heavy atom. The van der Waals surface area contributed by atoms with Crippen LogP contribution in [0, 0.1) is 10.1 Å². The van der Waals surface area contributed by atoms with Gasteiger partial charge in [-0.05, 0) is 37.1 Å². The standard InChI is InChI=1S/C21H23N3O5/c1-2-29-14-6-13-22-21(26)18-9-3-4-10-19(18)23-20(25)12-11-16-7-5-8-17(15-16)24(27)28/h3-5,7-12,15H,2,6,13-14H2,1H3,(H,22,26)(H,23,25)/b12-11+. The Kier molecular flexibility index (Phi) is 8.52. The third-order valence-electron chi connectivity index (χ3n) is 3.89. The first kappa shape index (κ1) is 21.8. The van der Waals surface area contributed by atoms with E-state index in [1.807, 2.05) is 6.92 Å². The summed E-state index contributed by atoms with van der Waals surface area (Å²) in [6.45, 7) is 3.57. The molecule has 2 amide bonds. The average Bonchev–Trinajstić information content (AvgIpc) is 2.72. The number of non-ortho nitro benzene ring substituents is 1. The lowest BCUT2D eigenvalue weighted by molar-refractivity contribution is -0.384. The number of carbonyl (C=O) groups is 2. The smallest absolute Gasteiger partial charge is 0.270 e. The van der Waals surface area contributed by atoms with Gasteiger partial charge in [0.25, 0.3) is 11.6 Å². The molecule has 0 aromatic heterocycles. The first-order valence-corrected chi connectivity index (χ1v) is 9.19. The van der Waals surface area contributed by atoms with Crippen molar-refractivity contribution in [2.24, 2.45) is 0 Å². The molecule has 0 spiro atoms. The molecule has 152 valence electrons. The largest absolute Gasteiger partial charge is 0.382 e. The minimum Gasteiger partial charge on any atom is -0.382 e. The van der Waals surface area contributed by atoms with Crippen LogP contribution in [-0.2, 0) is 9.53 Å². The Morgan fingerprint density at radius 2 is 1.97 bits per heavy atom. The van der Waals surface area contributed by atoms with Crippen LogP contribution in [0.4, 0.5) is 11.4 Å². The molecule has 0 unspecified atom stereocenters. The molecule has 2 rings (SSSR count). The highest BCUT2D eigenvalue weighted by Gasteiger charge is 2.12. The third kappa shape index (κ3) is 7.19. The fraction of sp³-hybridized carbons (Fsp3) is 0.238. The number of hydrogen-bond acceptors (Lipinski definition) is 5. The SMILES string of the molecule is CCOCCCNC(=O)c1ccccc1NC(=O)/C=C/c1cccc([N+](=O)[O-])c1. The molecule has 29 heavy (non-hydrogen) atoms. The van der Waals surface area contributed by atoms with Gasteiger partial charge in [0.1, 0.15) is 0 Å². The number of benzene rings is 2. The van der Waals surface area contributed by atoms with Crippen LogP contribution in [0.3, 0.4) is 0 Å². The number of rotatable bonds is 10. The molecular formula is C21H23N3O5. The van der Waals surface area contributed by atoms with E-state index in [9.17, 15) is 19.7 Å². The number of anilines is 1. The summed E-state index contributed by atoms with van der Waals surface area (Å²) in [4.78, 5) is 34.9. The molecule has 2 N–H and O–H groups in total. The molecule has 8 heteroatoms. The minimum absolute atomic E-state index is 0.0566. The van der Waals surface area contributed by atoms with Crippen molar-refractivity contribution >= 4 is 29.3 Å². The lowest BCUT2D eigenvalue weighted by Gasteiger charge is -2.10. The summed E-state index contributed by atoms with van der Waals surface area (Å²) in [5.41, 5.74) is 1.19. The Hall–Kier alpha value is -3.52. The predicted octanol–water partition coefficient (Wildman–Crippen LogP) is 3.40. The van der Waals surface area contributed by atoms with E-state index in [4.69, 9.17) is 4.74 Å². The van der Waals surface area contributed by atoms with Gasteiger partial charge in [0.15, 0.2) is 0 Å². The van der Waals surface area contributed by atoms with Crippen molar-refractivity contribution in [3.8, 4) is 0 Å². The van der Waals surface area contributed by atoms with E-state index in [1.165, 1.54) is 24.3 Å². The molecule has 0 saturated heterocycles. The number of nitro benzene ring substituents is 1. The van der Waals surface area contributed by atoms with Crippen molar-refractivity contribution in [3.05, 3.63) is 75.8 Å². The van der Waals surface area contributed by atoms with Gasteiger partial charge in [-0.1, -0.05) is 24.3 Å². The van der Waals surface area contributed by atoms with Crippen LogP contribution in [-0.4, -0.2) is 36.5 Å². The Morgan fingerprint density at radius 3 is 2.72 bits per heavy atom. The summed E-state index contributed by atoms with van der Waals surface area (Å²) < 4.78 is 5.23. The molecular weight excluding hydrogens is 374 g/mol. The van der Waals surface area contributed by atoms with Gasteiger partial charge in [0.2, 0.25) is 5.91 Å². The monoisotopic (exact) mass is 397 g/mol. The van der Waals surface area contributed by atoms with Gasteiger partial charge in [0.05, 0.1) is 16.2 Å². The maximum absolute atomic E-state index is 12.4. The molecule has 8 nitrogen and oxygen atoms in total. The average molecular weight is 397 g/mol. The maximum Gasteiger partial charge on any atom is 0.270 e. The topological polar surface area (TPSA) is 111 Å². The van der Waals surface area contributed by atoms with Gasteiger partial charge in [-0.15, -0.1) is 0 Å². The zero-order valence-corrected chi connectivity index (χ0v) is 16.1. The van der Waals surface area contributed by atoms with Gasteiger partial charge < -0.3 is 15.4 Å². The normalized spacial score (nSPS) is 10.7. The number of hydrogen-bond donors (Lipinski definition) is 2. The second kappa shape index (κ2) is 11.4. The number of nitro groups is 1. The lowest BCUT2D eigenvalue weighted by atomic mass is 10.1. The van der Waals surface area contributed by atoms with E-state index in [0.29, 0.717) is 43.0 Å². The molecule has 0 saturated carbocycles. The van der Waals surface area contributed by atoms with E-state index < -0.39 is 10.8 Å². The number of nitrogens with one attached hydrogen (secondary N) is 2. The van der Waals surface area contributed by atoms with Gasteiger partial charge in [-0.2, -0.15) is 0 Å². The fourth-order valence-corrected chi connectivity index (χ4v) is 2.49. The number of carbonyl (C=O) groups excluding carboxylic acids is 2. The molecule has 2 aromatic rings. The van der Waals surface area contributed by atoms with Crippen LogP contribution in [0.15, 0.2) is 54.6 Å². The highest BCUT2D eigenvalue weighted by Crippen LogP contribution is 2.16. The minimum atomic E-state index is -0.499. The third-order valence-corrected chi connectivity index (χ3v) is 3.89. The second-order valence-corrected chi connectivity index (χ2v) is 6.03. The van der Waals surface area contributed by atoms with Crippen LogP contribution in [0.2, 0.25) is 0 Å². The quantitative estimate of drug-likeness (QED) is 0.276. The lowest BCUT2D eigenvalue weighted by Crippen LogP contribution is -2.26. The van der Waals surface area contributed by atoms with Crippen molar-refractivity contribution in [2.75, 3.05) is 25.1 Å². The molecule has 0 bridgehead atoms. The predicted molar refractivity (Wildman–Crippen MR) is 111 cm³/mol. The van der Waals surface area contributed by atoms with Crippen LogP contribution >= 0.6 is 0 Å². The first-order chi connectivity index (χ1) is 14.0. The van der Waals surface area contributed by atoms with Gasteiger partial charge >= 0.3 is 0 Å². The van der Waals surface area contributed by atoms with E-state index in [1.54, 1.807) is 36.4 Å². The van der Waals surface area contributed by atoms with Gasteiger partial charge in [-0.3, -0.25) is 19.7 Å². The summed E-state index contributed by atoms with van der Waals surface area (Å²) >= 11 is 0. The van der Waals surface area contributed by atoms with Crippen molar-refractivity contribution < 1.29 is 19.2 Å². The summed E-state index contributed by atoms with van der Waals surface area (Å²) in [5, 5.41) is 16.3. The van der Waals surface area contributed by atoms with Crippen LogP contribution < -0.4 is 10.6 Å². The van der Waals surface area contributed by atoms with Crippen LogP contribution in [0.1, 0.15) is 29.3 Å². The number of para-hydroxylation sites is 1. The molecule has 2 aromatic carbocycles. The number of amides is 2. The highest BCUT2D eigenvalue weighted by molar-refractivity contribution is 6.07. The van der Waals surface area contributed by atoms with Crippen molar-refractivity contribution in [3.63, 3.8) is 0 Å². The van der Waals surface area contributed by atoms with E-state index in [0.717, 1.165) is 0 Å². The number of nitrogens with zero attached hydrogens (tertiary/aromatic N) is 1. The van der Waals surface area contributed by atoms with E-state index in [2.05, 4.69) is 10.6 Å². The highest BCUT2D eigenvalue weighted by atomic mass is 16.6. The number of ether oxygens (including phenoxy) is 1. The van der Waals surface area contributed by atoms with Gasteiger partial charge in [-0.25, -0.2) is 0 Å². The van der Waals surface area contributed by atoms with E-state index in [-0.39, 0.29) is 11.6 Å². The zero-order valence-electron chi connectivity index (χ0n) is 16.1. The molecule has 0 aliphatic heterocycles. The van der Waals surface area contributed by atoms with Crippen molar-refractivity contribution in [2.45, 2.75) is 13.3 Å². The van der Waals surface area contributed by atoms with Crippen molar-refractivity contribution in [1.29, 1.82) is 0 Å². The first-order valence-electron chi connectivity index (χ1n) is 9.19. The molecule has 0 radical (unpaired) electrons. The van der Waals surface area contributed by atoms with Crippen LogP contribution in [0.5, 0.6) is 0 Å². The Bertz CT molecular complexity index is 895. The molecule has 0 fully saturated rings. The Balaban J connectivity index is 1.99. The molecule has 0 aliphatic rings. The Labute approximate surface area is 168 Å². The zero-order chi connectivity index (χ0) is 21.1. The fourth-order valence-electron chi connectivity index (χ4n) is 2.49. The summed E-state index contributed by atoms with van der Waals surface area (Å²) in [7, 11) is 0. The summed E-state index contributed by atoms with van der Waals surface area (Å²) in [6, 6.07) is 12.6. The maximum atomic E-state index is 12.4. The molecule has 0 aliphatic carbocycles. The summed E-state index contributed by atoms with van der Waals surface area (Å²) in [5.74, 6) is -0.742. The molecule has 0 heterocycles. The van der Waals surface area contributed by atoms with Crippen LogP contribution in [0.25, 0.3) is 6.08 Å². The molecule has 0 atom stereocenters. The summed E-state index contributed by atoms with van der Waals surface area (Å²) in [6.07, 6.45) is 3.43. The van der Waals surface area contributed by atoms with Crippen molar-refractivity contribution in [1.82, 2.24) is 5.32 Å².